The summed E-state index contributed by atoms with van der Waals surface area (Å²) < 4.78 is 11.2. The molecule has 0 saturated heterocycles. The third-order valence-corrected chi connectivity index (χ3v) is 2.92. The van der Waals surface area contributed by atoms with Crippen molar-refractivity contribution < 1.29 is 4.21 Å². The van der Waals surface area contributed by atoms with Gasteiger partial charge in [-0.2, -0.15) is 0 Å². The standard InChI is InChI=1S/C10H14OS/c1-4-9-7-8(2)5-6-10(9)12(3)11/h5-7H,4H2,1-3H3. The minimum absolute atomic E-state index is 0.849. The Hall–Kier alpha value is -0.630. The van der Waals surface area contributed by atoms with E-state index < -0.39 is 10.8 Å². The fraction of sp³-hybridized carbons (Fsp3) is 0.400. The highest BCUT2D eigenvalue weighted by Crippen LogP contribution is 2.15. The van der Waals surface area contributed by atoms with E-state index in [1.54, 1.807) is 6.26 Å². The number of rotatable bonds is 2. The van der Waals surface area contributed by atoms with Crippen molar-refractivity contribution in [1.29, 1.82) is 0 Å². The van der Waals surface area contributed by atoms with Crippen LogP contribution in [0, 0.1) is 6.92 Å². The molecule has 1 atom stereocenters. The van der Waals surface area contributed by atoms with E-state index in [1.807, 2.05) is 12.1 Å². The average Bonchev–Trinajstić information content (AvgIpc) is 2.03. The van der Waals surface area contributed by atoms with E-state index in [-0.39, 0.29) is 0 Å². The van der Waals surface area contributed by atoms with Crippen LogP contribution < -0.4 is 0 Å². The molecule has 0 N–H and O–H groups in total. The summed E-state index contributed by atoms with van der Waals surface area (Å²) in [6.07, 6.45) is 2.68. The summed E-state index contributed by atoms with van der Waals surface area (Å²) >= 11 is 0. The molecule has 1 aromatic rings. The first-order chi connectivity index (χ1) is 5.65. The molecule has 0 aliphatic rings. The number of benzene rings is 1. The molecule has 0 aliphatic carbocycles. The van der Waals surface area contributed by atoms with Crippen molar-refractivity contribution in [2.24, 2.45) is 0 Å². The van der Waals surface area contributed by atoms with Crippen LogP contribution >= 0.6 is 0 Å². The fourth-order valence-corrected chi connectivity index (χ4v) is 2.10. The van der Waals surface area contributed by atoms with Gasteiger partial charge in [-0.25, -0.2) is 0 Å². The van der Waals surface area contributed by atoms with Crippen molar-refractivity contribution in [3.63, 3.8) is 0 Å². The normalized spacial score (nSPS) is 12.9. The highest BCUT2D eigenvalue weighted by Gasteiger charge is 2.03. The van der Waals surface area contributed by atoms with Gasteiger partial charge in [-0.1, -0.05) is 24.6 Å². The van der Waals surface area contributed by atoms with E-state index in [4.69, 9.17) is 0 Å². The summed E-state index contributed by atoms with van der Waals surface area (Å²) in [5, 5.41) is 0. The van der Waals surface area contributed by atoms with Crippen LogP contribution in [0.25, 0.3) is 0 Å². The van der Waals surface area contributed by atoms with Gasteiger partial charge < -0.3 is 0 Å². The van der Waals surface area contributed by atoms with Gasteiger partial charge in [-0.15, -0.1) is 0 Å². The molecule has 1 aromatic carbocycles. The van der Waals surface area contributed by atoms with Gasteiger partial charge in [-0.3, -0.25) is 4.21 Å². The summed E-state index contributed by atoms with van der Waals surface area (Å²) in [4.78, 5) is 0.975. The molecule has 0 spiro atoms. The molecular weight excluding hydrogens is 168 g/mol. The molecule has 2 heteroatoms. The number of hydrogen-bond acceptors (Lipinski definition) is 1. The molecule has 0 aliphatic heterocycles. The zero-order chi connectivity index (χ0) is 9.14. The van der Waals surface area contributed by atoms with E-state index in [0.717, 1.165) is 11.3 Å². The van der Waals surface area contributed by atoms with Crippen molar-refractivity contribution in [1.82, 2.24) is 0 Å². The van der Waals surface area contributed by atoms with E-state index in [9.17, 15) is 4.21 Å². The molecule has 0 fully saturated rings. The van der Waals surface area contributed by atoms with Crippen molar-refractivity contribution in [2.45, 2.75) is 25.2 Å². The predicted molar refractivity (Wildman–Crippen MR) is 52.9 cm³/mol. The van der Waals surface area contributed by atoms with Gasteiger partial charge in [-0.05, 0) is 25.0 Å². The van der Waals surface area contributed by atoms with Gasteiger partial charge in [0.15, 0.2) is 0 Å². The van der Waals surface area contributed by atoms with Crippen LogP contribution in [0.5, 0.6) is 0 Å². The van der Waals surface area contributed by atoms with Gasteiger partial charge in [0.2, 0.25) is 0 Å². The molecule has 1 rings (SSSR count). The average molecular weight is 182 g/mol. The molecule has 1 unspecified atom stereocenters. The summed E-state index contributed by atoms with van der Waals surface area (Å²) in [5.41, 5.74) is 2.44. The Morgan fingerprint density at radius 2 is 2.08 bits per heavy atom. The first kappa shape index (κ1) is 9.46. The smallest absolute Gasteiger partial charge is 0.0500 e. The van der Waals surface area contributed by atoms with E-state index in [1.165, 1.54) is 11.1 Å². The number of aryl methyl sites for hydroxylation is 2. The van der Waals surface area contributed by atoms with Crippen LogP contribution in [-0.2, 0) is 17.2 Å². The quantitative estimate of drug-likeness (QED) is 0.686. The van der Waals surface area contributed by atoms with E-state index >= 15 is 0 Å². The summed E-state index contributed by atoms with van der Waals surface area (Å²) in [7, 11) is -0.849. The molecule has 0 saturated carbocycles. The van der Waals surface area contributed by atoms with Crippen LogP contribution in [0.1, 0.15) is 18.1 Å². The Labute approximate surface area is 76.3 Å². The van der Waals surface area contributed by atoms with Gasteiger partial charge in [0.1, 0.15) is 0 Å². The Morgan fingerprint density at radius 3 is 2.58 bits per heavy atom. The lowest BCUT2D eigenvalue weighted by atomic mass is 10.1. The first-order valence-electron chi connectivity index (χ1n) is 4.08. The summed E-state index contributed by atoms with van der Waals surface area (Å²) in [6, 6.07) is 6.08. The monoisotopic (exact) mass is 182 g/mol. The van der Waals surface area contributed by atoms with E-state index in [0.29, 0.717) is 0 Å². The lowest BCUT2D eigenvalue weighted by molar-refractivity contribution is 0.686. The van der Waals surface area contributed by atoms with Gasteiger partial charge >= 0.3 is 0 Å². The maximum absolute atomic E-state index is 11.2. The van der Waals surface area contributed by atoms with Crippen LogP contribution in [0.15, 0.2) is 23.1 Å². The molecule has 0 aromatic heterocycles. The van der Waals surface area contributed by atoms with Crippen LogP contribution in [0.3, 0.4) is 0 Å². The highest BCUT2D eigenvalue weighted by molar-refractivity contribution is 7.84. The second-order valence-corrected chi connectivity index (χ2v) is 4.27. The van der Waals surface area contributed by atoms with Crippen molar-refractivity contribution >= 4 is 10.8 Å². The minimum atomic E-state index is -0.849. The molecule has 66 valence electrons. The van der Waals surface area contributed by atoms with E-state index in [2.05, 4.69) is 19.9 Å². The third-order valence-electron chi connectivity index (χ3n) is 1.91. The largest absolute Gasteiger partial charge is 0.255 e. The third kappa shape index (κ3) is 1.95. The molecule has 0 amide bonds. The van der Waals surface area contributed by atoms with Crippen molar-refractivity contribution in [3.8, 4) is 0 Å². The topological polar surface area (TPSA) is 17.1 Å². The zero-order valence-electron chi connectivity index (χ0n) is 7.76. The minimum Gasteiger partial charge on any atom is -0.255 e. The van der Waals surface area contributed by atoms with Gasteiger partial charge in [0.25, 0.3) is 0 Å². The SMILES string of the molecule is CCc1cc(C)ccc1S(C)=O. The lowest BCUT2D eigenvalue weighted by Gasteiger charge is -2.05. The van der Waals surface area contributed by atoms with Crippen LogP contribution in [0.4, 0.5) is 0 Å². The van der Waals surface area contributed by atoms with Gasteiger partial charge in [0, 0.05) is 11.2 Å². The highest BCUT2D eigenvalue weighted by atomic mass is 32.2. The lowest BCUT2D eigenvalue weighted by Crippen LogP contribution is -1.94. The molecule has 0 radical (unpaired) electrons. The Bertz CT molecular complexity index is 305. The second kappa shape index (κ2) is 3.85. The maximum atomic E-state index is 11.2. The Balaban J connectivity index is 3.20. The molecule has 1 nitrogen and oxygen atoms in total. The zero-order valence-corrected chi connectivity index (χ0v) is 8.57. The maximum Gasteiger partial charge on any atom is 0.0500 e. The summed E-state index contributed by atoms with van der Waals surface area (Å²) in [6.45, 7) is 4.15. The first-order valence-corrected chi connectivity index (χ1v) is 5.64. The Kier molecular flexibility index (Phi) is 3.04. The number of hydrogen-bond donors (Lipinski definition) is 0. The predicted octanol–water partition coefficient (Wildman–Crippen LogP) is 2.29. The molecule has 0 heterocycles. The van der Waals surface area contributed by atoms with Gasteiger partial charge in [0.05, 0.1) is 10.8 Å². The molecule has 0 bridgehead atoms. The summed E-state index contributed by atoms with van der Waals surface area (Å²) in [5.74, 6) is 0. The van der Waals surface area contributed by atoms with Crippen LogP contribution in [-0.4, -0.2) is 10.5 Å². The second-order valence-electron chi connectivity index (χ2n) is 2.92. The van der Waals surface area contributed by atoms with Crippen molar-refractivity contribution in [3.05, 3.63) is 29.3 Å². The Morgan fingerprint density at radius 1 is 1.42 bits per heavy atom. The van der Waals surface area contributed by atoms with Crippen LogP contribution in [0.2, 0.25) is 0 Å². The molecule has 12 heavy (non-hydrogen) atoms. The fourth-order valence-electron chi connectivity index (χ4n) is 1.26. The van der Waals surface area contributed by atoms with Crippen molar-refractivity contribution in [2.75, 3.05) is 6.26 Å². The molecular formula is C10H14OS.